The highest BCUT2D eigenvalue weighted by Gasteiger charge is 2.42. The van der Waals surface area contributed by atoms with Crippen LogP contribution in [0, 0.1) is 5.41 Å². The number of ether oxygens (including phenoxy) is 1. The second-order valence-electron chi connectivity index (χ2n) is 6.57. The number of aliphatic imine (C=N–C) groups is 1. The number of likely N-dealkylation sites (tertiary alicyclic amines) is 1. The number of pyridine rings is 1. The summed E-state index contributed by atoms with van der Waals surface area (Å²) < 4.78 is 7.65. The Hall–Kier alpha value is -2.08. The molecule has 2 fully saturated rings. The zero-order valence-corrected chi connectivity index (χ0v) is 13.5. The van der Waals surface area contributed by atoms with Crippen LogP contribution in [-0.2, 0) is 11.3 Å². The van der Waals surface area contributed by atoms with E-state index in [0.29, 0.717) is 12.0 Å². The van der Waals surface area contributed by atoms with Crippen LogP contribution in [0.5, 0.6) is 0 Å². The van der Waals surface area contributed by atoms with Crippen molar-refractivity contribution in [3.05, 3.63) is 36.3 Å². The Morgan fingerprint density at radius 3 is 3.17 bits per heavy atom. The van der Waals surface area contributed by atoms with Crippen LogP contribution in [0.4, 0.5) is 0 Å². The molecule has 4 rings (SSSR count). The van der Waals surface area contributed by atoms with E-state index in [4.69, 9.17) is 4.74 Å². The first kappa shape index (κ1) is 14.5. The maximum Gasteiger partial charge on any atom is 0.193 e. The van der Waals surface area contributed by atoms with Crippen LogP contribution in [-0.4, -0.2) is 53.6 Å². The molecule has 122 valence electrons. The van der Waals surface area contributed by atoms with Crippen LogP contribution >= 0.6 is 0 Å². The van der Waals surface area contributed by atoms with E-state index in [2.05, 4.69) is 26.4 Å². The summed E-state index contributed by atoms with van der Waals surface area (Å²) in [5, 5.41) is 3.45. The lowest BCUT2D eigenvalue weighted by Crippen LogP contribution is -2.41. The third kappa shape index (κ3) is 2.79. The Morgan fingerprint density at radius 1 is 1.43 bits per heavy atom. The van der Waals surface area contributed by atoms with Crippen LogP contribution in [0.1, 0.15) is 18.5 Å². The molecule has 1 spiro atoms. The van der Waals surface area contributed by atoms with Gasteiger partial charge in [-0.25, -0.2) is 4.98 Å². The van der Waals surface area contributed by atoms with Crippen molar-refractivity contribution in [3.8, 4) is 0 Å². The van der Waals surface area contributed by atoms with Gasteiger partial charge >= 0.3 is 0 Å². The molecule has 1 N–H and O–H groups in total. The van der Waals surface area contributed by atoms with Gasteiger partial charge in [0.05, 0.1) is 18.8 Å². The summed E-state index contributed by atoms with van der Waals surface area (Å²) >= 11 is 0. The van der Waals surface area contributed by atoms with Gasteiger partial charge in [0, 0.05) is 44.6 Å². The highest BCUT2D eigenvalue weighted by molar-refractivity contribution is 5.80. The van der Waals surface area contributed by atoms with E-state index in [1.807, 2.05) is 35.8 Å². The van der Waals surface area contributed by atoms with Crippen LogP contribution in [0.15, 0.2) is 35.6 Å². The van der Waals surface area contributed by atoms with E-state index in [1.165, 1.54) is 12.8 Å². The van der Waals surface area contributed by atoms with Gasteiger partial charge in [-0.2, -0.15) is 0 Å². The second-order valence-corrected chi connectivity index (χ2v) is 6.57. The van der Waals surface area contributed by atoms with Gasteiger partial charge in [-0.15, -0.1) is 0 Å². The molecule has 0 aromatic carbocycles. The average Bonchev–Trinajstić information content (AvgIpc) is 3.29. The molecule has 0 bridgehead atoms. The molecule has 2 saturated heterocycles. The molecule has 1 unspecified atom stereocenters. The summed E-state index contributed by atoms with van der Waals surface area (Å²) in [5.74, 6) is 0.964. The van der Waals surface area contributed by atoms with E-state index < -0.39 is 0 Å². The Labute approximate surface area is 136 Å². The van der Waals surface area contributed by atoms with Crippen molar-refractivity contribution in [2.75, 3.05) is 33.4 Å². The molecular formula is C17H23N5O. The number of imidazole rings is 1. The van der Waals surface area contributed by atoms with E-state index in [9.17, 15) is 0 Å². The second kappa shape index (κ2) is 5.85. The van der Waals surface area contributed by atoms with Gasteiger partial charge in [0.15, 0.2) is 5.96 Å². The van der Waals surface area contributed by atoms with E-state index in [-0.39, 0.29) is 0 Å². The fourth-order valence-electron chi connectivity index (χ4n) is 3.66. The zero-order chi connectivity index (χ0) is 15.7. The molecule has 2 aliphatic rings. The highest BCUT2D eigenvalue weighted by atomic mass is 16.5. The first-order valence-electron chi connectivity index (χ1n) is 8.24. The first-order valence-corrected chi connectivity index (χ1v) is 8.24. The molecule has 6 nitrogen and oxygen atoms in total. The fraction of sp³-hybridized carbons (Fsp3) is 0.529. The summed E-state index contributed by atoms with van der Waals surface area (Å²) in [4.78, 5) is 11.4. The molecule has 6 heteroatoms. The predicted octanol–water partition coefficient (Wildman–Crippen LogP) is 1.52. The summed E-state index contributed by atoms with van der Waals surface area (Å²) in [6, 6.07) is 6.03. The molecule has 23 heavy (non-hydrogen) atoms. The Bertz CT molecular complexity index is 684. The lowest BCUT2D eigenvalue weighted by Gasteiger charge is -2.24. The molecule has 2 aliphatic heterocycles. The van der Waals surface area contributed by atoms with Gasteiger partial charge in [0.25, 0.3) is 0 Å². The number of rotatable bonds is 2. The Kier molecular flexibility index (Phi) is 3.69. The number of aromatic nitrogens is 2. The third-order valence-electron chi connectivity index (χ3n) is 4.98. The molecule has 0 radical (unpaired) electrons. The van der Waals surface area contributed by atoms with Crippen molar-refractivity contribution in [2.45, 2.75) is 19.4 Å². The van der Waals surface area contributed by atoms with Gasteiger partial charge in [0.2, 0.25) is 0 Å². The zero-order valence-electron chi connectivity index (χ0n) is 13.5. The van der Waals surface area contributed by atoms with Gasteiger partial charge in [-0.1, -0.05) is 6.07 Å². The maximum atomic E-state index is 5.61. The quantitative estimate of drug-likeness (QED) is 0.675. The number of fused-ring (bicyclic) bond motifs is 1. The summed E-state index contributed by atoms with van der Waals surface area (Å²) in [5.41, 5.74) is 2.35. The number of nitrogens with zero attached hydrogens (tertiary/aromatic N) is 4. The molecule has 1 atom stereocenters. The van der Waals surface area contributed by atoms with Crippen molar-refractivity contribution in [2.24, 2.45) is 10.4 Å². The Balaban J connectivity index is 1.41. The molecule has 0 saturated carbocycles. The standard InChI is InChI=1S/C17H23N5O/c1-18-16(22-8-5-17(12-22)6-9-23-13-17)19-10-14-11-21-7-3-2-4-15(21)20-14/h2-4,7,11H,5-6,8-10,12-13H2,1H3,(H,18,19). The van der Waals surface area contributed by atoms with Crippen molar-refractivity contribution in [1.82, 2.24) is 19.6 Å². The van der Waals surface area contributed by atoms with Gasteiger partial charge < -0.3 is 19.4 Å². The average molecular weight is 313 g/mol. The minimum Gasteiger partial charge on any atom is -0.381 e. The van der Waals surface area contributed by atoms with Crippen molar-refractivity contribution >= 4 is 11.6 Å². The van der Waals surface area contributed by atoms with Crippen LogP contribution in [0.25, 0.3) is 5.65 Å². The predicted molar refractivity (Wildman–Crippen MR) is 89.4 cm³/mol. The number of hydrogen-bond acceptors (Lipinski definition) is 3. The third-order valence-corrected chi connectivity index (χ3v) is 4.98. The number of nitrogens with one attached hydrogen (secondary N) is 1. The minimum atomic E-state index is 0.348. The smallest absolute Gasteiger partial charge is 0.193 e. The van der Waals surface area contributed by atoms with Gasteiger partial charge in [-0.05, 0) is 25.0 Å². The lowest BCUT2D eigenvalue weighted by atomic mass is 9.87. The monoisotopic (exact) mass is 313 g/mol. The molecule has 2 aromatic rings. The SMILES string of the molecule is CN=C(NCc1cn2ccccc2n1)N1CCC2(CCOC2)C1. The molecule has 4 heterocycles. The summed E-state index contributed by atoms with van der Waals surface area (Å²) in [7, 11) is 1.85. The summed E-state index contributed by atoms with van der Waals surface area (Å²) in [6.45, 7) is 4.58. The number of guanidine groups is 1. The van der Waals surface area contributed by atoms with E-state index >= 15 is 0 Å². The largest absolute Gasteiger partial charge is 0.381 e. The number of hydrogen-bond donors (Lipinski definition) is 1. The van der Waals surface area contributed by atoms with Crippen molar-refractivity contribution in [1.29, 1.82) is 0 Å². The molecule has 0 amide bonds. The fourth-order valence-corrected chi connectivity index (χ4v) is 3.66. The maximum absolute atomic E-state index is 5.61. The van der Waals surface area contributed by atoms with Crippen molar-refractivity contribution in [3.63, 3.8) is 0 Å². The summed E-state index contributed by atoms with van der Waals surface area (Å²) in [6.07, 6.45) is 6.45. The van der Waals surface area contributed by atoms with Gasteiger partial charge in [-0.3, -0.25) is 4.99 Å². The van der Waals surface area contributed by atoms with E-state index in [1.54, 1.807) is 0 Å². The molecule has 0 aliphatic carbocycles. The topological polar surface area (TPSA) is 54.2 Å². The molecular weight excluding hydrogens is 290 g/mol. The minimum absolute atomic E-state index is 0.348. The van der Waals surface area contributed by atoms with Crippen LogP contribution in [0.2, 0.25) is 0 Å². The van der Waals surface area contributed by atoms with Crippen LogP contribution < -0.4 is 5.32 Å². The van der Waals surface area contributed by atoms with E-state index in [0.717, 1.165) is 43.6 Å². The Morgan fingerprint density at radius 2 is 2.39 bits per heavy atom. The molecule has 2 aromatic heterocycles. The van der Waals surface area contributed by atoms with Crippen LogP contribution in [0.3, 0.4) is 0 Å². The first-order chi connectivity index (χ1) is 11.3. The van der Waals surface area contributed by atoms with Crippen molar-refractivity contribution < 1.29 is 4.74 Å². The lowest BCUT2D eigenvalue weighted by molar-refractivity contribution is 0.156. The van der Waals surface area contributed by atoms with Gasteiger partial charge in [0.1, 0.15) is 5.65 Å². The normalized spacial score (nSPS) is 24.9. The highest BCUT2D eigenvalue weighted by Crippen LogP contribution is 2.38.